The van der Waals surface area contributed by atoms with Crippen molar-refractivity contribution in [3.63, 3.8) is 0 Å². The highest BCUT2D eigenvalue weighted by Gasteiger charge is 2.25. The maximum absolute atomic E-state index is 13.1. The van der Waals surface area contributed by atoms with E-state index in [1.54, 1.807) is 24.4 Å². The van der Waals surface area contributed by atoms with Crippen LogP contribution in [0.4, 0.5) is 4.39 Å². The fourth-order valence-electron chi connectivity index (χ4n) is 3.57. The summed E-state index contributed by atoms with van der Waals surface area (Å²) in [5.41, 5.74) is 2.31. The van der Waals surface area contributed by atoms with Gasteiger partial charge in [-0.05, 0) is 55.0 Å². The standard InChI is InChI=1S/C22H20FN5O2/c23-16-3-1-14(2-4-16)15-11-19(27-13-15)21(29)28-17-5-7-18(8-6-17)30-22-20(12-24)25-9-10-26-22/h1-4,9-11,13,17-18,27H,5-8H2,(H,28,29). The Bertz CT molecular complexity index is 1070. The number of nitriles is 1. The van der Waals surface area contributed by atoms with Crippen LogP contribution in [0.15, 0.2) is 48.9 Å². The minimum Gasteiger partial charge on any atom is -0.472 e. The van der Waals surface area contributed by atoms with E-state index in [0.717, 1.165) is 36.8 Å². The molecule has 1 amide bonds. The second-order valence-corrected chi connectivity index (χ2v) is 7.20. The molecule has 1 aromatic carbocycles. The Labute approximate surface area is 172 Å². The predicted octanol–water partition coefficient (Wildman–Crippen LogP) is 3.60. The lowest BCUT2D eigenvalue weighted by Crippen LogP contribution is -2.39. The molecule has 7 nitrogen and oxygen atoms in total. The summed E-state index contributed by atoms with van der Waals surface area (Å²) in [5.74, 6) is -0.212. The van der Waals surface area contributed by atoms with Gasteiger partial charge in [0.25, 0.3) is 11.8 Å². The number of hydrogen-bond acceptors (Lipinski definition) is 5. The quantitative estimate of drug-likeness (QED) is 0.675. The van der Waals surface area contributed by atoms with Crippen molar-refractivity contribution in [2.24, 2.45) is 0 Å². The molecule has 30 heavy (non-hydrogen) atoms. The van der Waals surface area contributed by atoms with Crippen molar-refractivity contribution in [3.8, 4) is 23.1 Å². The third-order valence-electron chi connectivity index (χ3n) is 5.16. The zero-order valence-electron chi connectivity index (χ0n) is 16.1. The van der Waals surface area contributed by atoms with Gasteiger partial charge in [-0.25, -0.2) is 14.4 Å². The summed E-state index contributed by atoms with van der Waals surface area (Å²) in [5, 5.41) is 12.1. The number of aromatic amines is 1. The van der Waals surface area contributed by atoms with Crippen LogP contribution in [-0.4, -0.2) is 33.0 Å². The fourth-order valence-corrected chi connectivity index (χ4v) is 3.57. The largest absolute Gasteiger partial charge is 0.472 e. The summed E-state index contributed by atoms with van der Waals surface area (Å²) in [4.78, 5) is 23.6. The van der Waals surface area contributed by atoms with Crippen molar-refractivity contribution in [2.75, 3.05) is 0 Å². The number of nitrogens with zero attached hydrogens (tertiary/aromatic N) is 3. The van der Waals surface area contributed by atoms with Gasteiger partial charge in [0.1, 0.15) is 23.7 Å². The highest BCUT2D eigenvalue weighted by Crippen LogP contribution is 2.25. The molecule has 0 saturated heterocycles. The first-order valence-corrected chi connectivity index (χ1v) is 9.75. The number of benzene rings is 1. The number of halogens is 1. The van der Waals surface area contributed by atoms with Crippen LogP contribution in [-0.2, 0) is 0 Å². The highest BCUT2D eigenvalue weighted by molar-refractivity contribution is 5.94. The van der Waals surface area contributed by atoms with Crippen LogP contribution < -0.4 is 10.1 Å². The summed E-state index contributed by atoms with van der Waals surface area (Å²) in [7, 11) is 0. The molecule has 8 heteroatoms. The number of carbonyl (C=O) groups is 1. The van der Waals surface area contributed by atoms with Crippen LogP contribution in [0.2, 0.25) is 0 Å². The number of H-pyrrole nitrogens is 1. The molecule has 4 rings (SSSR count). The Morgan fingerprint density at radius 1 is 1.13 bits per heavy atom. The fraction of sp³-hybridized carbons (Fsp3) is 0.273. The van der Waals surface area contributed by atoms with E-state index in [9.17, 15) is 9.18 Å². The number of rotatable bonds is 5. The molecule has 0 bridgehead atoms. The number of ether oxygens (including phenoxy) is 1. The van der Waals surface area contributed by atoms with Crippen molar-refractivity contribution in [1.82, 2.24) is 20.3 Å². The normalized spacial score (nSPS) is 18.4. The van der Waals surface area contributed by atoms with E-state index in [1.165, 1.54) is 24.5 Å². The molecular formula is C22H20FN5O2. The Kier molecular flexibility index (Phi) is 5.70. The first-order valence-electron chi connectivity index (χ1n) is 9.75. The molecule has 1 aliphatic carbocycles. The number of amides is 1. The van der Waals surface area contributed by atoms with Gasteiger partial charge in [0.15, 0.2) is 0 Å². The minimum atomic E-state index is -0.296. The zero-order chi connectivity index (χ0) is 20.9. The maximum atomic E-state index is 13.1. The van der Waals surface area contributed by atoms with Crippen LogP contribution in [0, 0.1) is 17.1 Å². The molecule has 152 valence electrons. The Balaban J connectivity index is 1.30. The van der Waals surface area contributed by atoms with Gasteiger partial charge in [-0.1, -0.05) is 12.1 Å². The molecule has 3 aromatic rings. The smallest absolute Gasteiger partial charge is 0.267 e. The highest BCUT2D eigenvalue weighted by atomic mass is 19.1. The van der Waals surface area contributed by atoms with Gasteiger partial charge in [-0.3, -0.25) is 4.79 Å². The molecule has 0 atom stereocenters. The Morgan fingerprint density at radius 3 is 2.60 bits per heavy atom. The zero-order valence-corrected chi connectivity index (χ0v) is 16.1. The van der Waals surface area contributed by atoms with Crippen LogP contribution in [0.3, 0.4) is 0 Å². The Morgan fingerprint density at radius 2 is 1.87 bits per heavy atom. The minimum absolute atomic E-state index is 0.0483. The summed E-state index contributed by atoms with van der Waals surface area (Å²) in [6.07, 6.45) is 7.67. The summed E-state index contributed by atoms with van der Waals surface area (Å²) < 4.78 is 18.9. The van der Waals surface area contributed by atoms with E-state index in [1.807, 2.05) is 6.07 Å². The molecule has 1 aliphatic rings. The van der Waals surface area contributed by atoms with Crippen molar-refractivity contribution >= 4 is 5.91 Å². The molecule has 1 fully saturated rings. The van der Waals surface area contributed by atoms with Crippen LogP contribution in [0.25, 0.3) is 11.1 Å². The predicted molar refractivity (Wildman–Crippen MR) is 107 cm³/mol. The van der Waals surface area contributed by atoms with Gasteiger partial charge < -0.3 is 15.0 Å². The second kappa shape index (κ2) is 8.74. The average Bonchev–Trinajstić information content (AvgIpc) is 3.26. The summed E-state index contributed by atoms with van der Waals surface area (Å²) in [6.45, 7) is 0. The van der Waals surface area contributed by atoms with Gasteiger partial charge in [-0.15, -0.1) is 0 Å². The molecular weight excluding hydrogens is 385 g/mol. The van der Waals surface area contributed by atoms with Crippen LogP contribution >= 0.6 is 0 Å². The van der Waals surface area contributed by atoms with Gasteiger partial charge in [0.2, 0.25) is 5.69 Å². The van der Waals surface area contributed by atoms with E-state index in [0.29, 0.717) is 5.69 Å². The van der Waals surface area contributed by atoms with Crippen LogP contribution in [0.1, 0.15) is 41.9 Å². The number of nitrogens with one attached hydrogen (secondary N) is 2. The molecule has 0 unspecified atom stereocenters. The lowest BCUT2D eigenvalue weighted by Gasteiger charge is -2.29. The van der Waals surface area contributed by atoms with Gasteiger partial charge >= 0.3 is 0 Å². The van der Waals surface area contributed by atoms with Crippen molar-refractivity contribution in [2.45, 2.75) is 37.8 Å². The average molecular weight is 405 g/mol. The van der Waals surface area contributed by atoms with Crippen LogP contribution in [0.5, 0.6) is 5.88 Å². The molecule has 2 heterocycles. The van der Waals surface area contributed by atoms with E-state index >= 15 is 0 Å². The second-order valence-electron chi connectivity index (χ2n) is 7.20. The van der Waals surface area contributed by atoms with Crippen molar-refractivity contribution in [1.29, 1.82) is 5.26 Å². The lowest BCUT2D eigenvalue weighted by atomic mass is 9.93. The van der Waals surface area contributed by atoms with E-state index in [4.69, 9.17) is 10.00 Å². The molecule has 0 spiro atoms. The SMILES string of the molecule is N#Cc1nccnc1OC1CCC(NC(=O)c2cc(-c3ccc(F)cc3)c[nH]2)CC1. The topological polar surface area (TPSA) is 104 Å². The number of carbonyl (C=O) groups excluding carboxylic acids is 1. The van der Waals surface area contributed by atoms with Gasteiger partial charge in [0.05, 0.1) is 0 Å². The van der Waals surface area contributed by atoms with Gasteiger partial charge in [-0.2, -0.15) is 5.26 Å². The molecule has 2 N–H and O–H groups in total. The summed E-state index contributed by atoms with van der Waals surface area (Å²) in [6, 6.07) is 9.92. The van der Waals surface area contributed by atoms with Crippen molar-refractivity contribution < 1.29 is 13.9 Å². The third kappa shape index (κ3) is 4.46. The van der Waals surface area contributed by atoms with E-state index in [-0.39, 0.29) is 35.4 Å². The molecule has 2 aromatic heterocycles. The molecule has 0 radical (unpaired) electrons. The lowest BCUT2D eigenvalue weighted by molar-refractivity contribution is 0.0885. The molecule has 0 aliphatic heterocycles. The summed E-state index contributed by atoms with van der Waals surface area (Å²) >= 11 is 0. The number of aromatic nitrogens is 3. The van der Waals surface area contributed by atoms with E-state index in [2.05, 4.69) is 20.3 Å². The number of hydrogen-bond donors (Lipinski definition) is 2. The Hall–Kier alpha value is -3.73. The maximum Gasteiger partial charge on any atom is 0.267 e. The third-order valence-corrected chi connectivity index (χ3v) is 5.16. The van der Waals surface area contributed by atoms with Gasteiger partial charge in [0, 0.05) is 24.6 Å². The molecule has 1 saturated carbocycles. The first-order chi connectivity index (χ1) is 14.6. The van der Waals surface area contributed by atoms with E-state index < -0.39 is 0 Å². The van der Waals surface area contributed by atoms with Crippen molar-refractivity contribution in [3.05, 3.63) is 66.1 Å². The monoisotopic (exact) mass is 405 g/mol. The first kappa shape index (κ1) is 19.6.